The molecule has 1 aromatic heterocycles. The summed E-state index contributed by atoms with van der Waals surface area (Å²) in [4.78, 5) is 18.2. The van der Waals surface area contributed by atoms with Crippen molar-refractivity contribution in [3.8, 4) is 0 Å². The molecule has 1 heterocycles. The molecule has 0 saturated heterocycles. The van der Waals surface area contributed by atoms with Crippen molar-refractivity contribution < 1.29 is 13.2 Å². The first-order chi connectivity index (χ1) is 10.8. The molecule has 0 aliphatic heterocycles. The van der Waals surface area contributed by atoms with Crippen molar-refractivity contribution in [2.45, 2.75) is 31.1 Å². The Kier molecular flexibility index (Phi) is 4.25. The van der Waals surface area contributed by atoms with Crippen LogP contribution in [0.4, 0.5) is 5.13 Å². The van der Waals surface area contributed by atoms with Crippen molar-refractivity contribution in [3.05, 3.63) is 40.4 Å². The van der Waals surface area contributed by atoms with Crippen molar-refractivity contribution in [1.29, 1.82) is 0 Å². The number of nitrogens with one attached hydrogen (secondary N) is 1. The zero-order valence-corrected chi connectivity index (χ0v) is 14.6. The van der Waals surface area contributed by atoms with Crippen LogP contribution in [0.25, 0.3) is 0 Å². The summed E-state index contributed by atoms with van der Waals surface area (Å²) in [6, 6.07) is 6.22. The predicted molar refractivity (Wildman–Crippen MR) is 90.8 cm³/mol. The van der Waals surface area contributed by atoms with Crippen molar-refractivity contribution >= 4 is 32.2 Å². The molecule has 23 heavy (non-hydrogen) atoms. The minimum absolute atomic E-state index is 0.0347. The van der Waals surface area contributed by atoms with Gasteiger partial charge >= 0.3 is 0 Å². The average molecular weight is 350 g/mol. The monoisotopic (exact) mass is 350 g/mol. The summed E-state index contributed by atoms with van der Waals surface area (Å²) in [6.07, 6.45) is 4.13. The van der Waals surface area contributed by atoms with E-state index in [9.17, 15) is 13.2 Å². The number of carbonyl (C=O) groups is 1. The highest BCUT2D eigenvalue weighted by Crippen LogP contribution is 2.32. The minimum Gasteiger partial charge on any atom is -0.298 e. The first-order valence-corrected chi connectivity index (χ1v) is 10.1. The lowest BCUT2D eigenvalue weighted by molar-refractivity contribution is 0.102. The van der Waals surface area contributed by atoms with Crippen LogP contribution in [0.1, 0.15) is 34.3 Å². The van der Waals surface area contributed by atoms with Crippen LogP contribution in [0, 0.1) is 5.92 Å². The van der Waals surface area contributed by atoms with Crippen LogP contribution in [0.15, 0.2) is 29.2 Å². The van der Waals surface area contributed by atoms with Gasteiger partial charge in [0.15, 0.2) is 15.0 Å². The first kappa shape index (κ1) is 16.1. The number of sulfone groups is 1. The normalized spacial score (nSPS) is 17.6. The van der Waals surface area contributed by atoms with E-state index in [0.717, 1.165) is 31.2 Å². The zero-order chi connectivity index (χ0) is 16.6. The van der Waals surface area contributed by atoms with Crippen molar-refractivity contribution in [2.75, 3.05) is 11.6 Å². The van der Waals surface area contributed by atoms with Gasteiger partial charge in [0, 0.05) is 11.1 Å². The topological polar surface area (TPSA) is 76.1 Å². The average Bonchev–Trinajstić information content (AvgIpc) is 2.87. The maximum absolute atomic E-state index is 12.4. The molecular formula is C16H18N2O3S2. The van der Waals surface area contributed by atoms with Crippen molar-refractivity contribution in [1.82, 2.24) is 4.98 Å². The summed E-state index contributed by atoms with van der Waals surface area (Å²) in [7, 11) is -3.46. The first-order valence-electron chi connectivity index (χ1n) is 7.43. The molecule has 5 nitrogen and oxygen atoms in total. The second kappa shape index (κ2) is 6.05. The summed E-state index contributed by atoms with van der Waals surface area (Å²) in [6.45, 7) is 2.21. The summed E-state index contributed by atoms with van der Waals surface area (Å²) in [5.41, 5.74) is 1.20. The van der Waals surface area contributed by atoms with Gasteiger partial charge in [0.2, 0.25) is 0 Å². The number of aromatic nitrogens is 1. The summed E-state index contributed by atoms with van der Waals surface area (Å²) in [5.74, 6) is 0.197. The quantitative estimate of drug-likeness (QED) is 0.923. The number of anilines is 1. The second-order valence-corrected chi connectivity index (χ2v) is 9.03. The van der Waals surface area contributed by atoms with Gasteiger partial charge in [0.05, 0.1) is 16.2 Å². The maximum Gasteiger partial charge on any atom is 0.258 e. The van der Waals surface area contributed by atoms with Crippen LogP contribution in [0.5, 0.6) is 0 Å². The molecule has 3 rings (SSSR count). The molecule has 1 aliphatic rings. The molecule has 1 aliphatic carbocycles. The molecule has 7 heteroatoms. The van der Waals surface area contributed by atoms with Crippen LogP contribution in [-0.4, -0.2) is 25.6 Å². The Morgan fingerprint density at radius 1 is 1.35 bits per heavy atom. The second-order valence-electron chi connectivity index (χ2n) is 5.96. The fraction of sp³-hybridized carbons (Fsp3) is 0.375. The minimum atomic E-state index is -3.46. The van der Waals surface area contributed by atoms with Crippen molar-refractivity contribution in [3.63, 3.8) is 0 Å². The molecule has 1 aromatic carbocycles. The molecule has 0 radical (unpaired) electrons. The molecule has 0 spiro atoms. The smallest absolute Gasteiger partial charge is 0.258 e. The fourth-order valence-electron chi connectivity index (χ4n) is 2.74. The van der Waals surface area contributed by atoms with Crippen LogP contribution in [-0.2, 0) is 22.7 Å². The Bertz CT molecular complexity index is 856. The highest BCUT2D eigenvalue weighted by atomic mass is 32.2. The standard InChI is InChI=1S/C16H18N2O3S2/c1-10-7-8-12-13(9-10)22-16(17-12)18-15(19)11-5-3-4-6-14(11)23(2,20)21/h3-6,10H,7-9H2,1-2H3,(H,17,18,19). The Morgan fingerprint density at radius 2 is 2.09 bits per heavy atom. The number of nitrogens with zero attached hydrogens (tertiary/aromatic N) is 1. The third-order valence-corrected chi connectivity index (χ3v) is 6.13. The Labute approximate surface area is 139 Å². The molecule has 2 aromatic rings. The number of fused-ring (bicyclic) bond motifs is 1. The Morgan fingerprint density at radius 3 is 2.83 bits per heavy atom. The van der Waals surface area contributed by atoms with E-state index in [1.165, 1.54) is 28.3 Å². The number of hydrogen-bond donors (Lipinski definition) is 1. The number of amides is 1. The van der Waals surface area contributed by atoms with Crippen LogP contribution >= 0.6 is 11.3 Å². The molecule has 1 amide bonds. The zero-order valence-electron chi connectivity index (χ0n) is 13.0. The van der Waals surface area contributed by atoms with Crippen LogP contribution < -0.4 is 5.32 Å². The summed E-state index contributed by atoms with van der Waals surface area (Å²) < 4.78 is 23.6. The van der Waals surface area contributed by atoms with E-state index in [1.807, 2.05) is 0 Å². The third kappa shape index (κ3) is 3.45. The van der Waals surface area contributed by atoms with Gasteiger partial charge in [0.25, 0.3) is 5.91 Å². The number of aryl methyl sites for hydroxylation is 1. The van der Waals surface area contributed by atoms with E-state index in [-0.39, 0.29) is 10.5 Å². The summed E-state index contributed by atoms with van der Waals surface area (Å²) >= 11 is 1.48. The van der Waals surface area contributed by atoms with E-state index in [1.54, 1.807) is 12.1 Å². The predicted octanol–water partition coefficient (Wildman–Crippen LogP) is 2.92. The lowest BCUT2D eigenvalue weighted by Crippen LogP contribution is -2.16. The third-order valence-electron chi connectivity index (χ3n) is 3.94. The highest BCUT2D eigenvalue weighted by Gasteiger charge is 2.22. The SMILES string of the molecule is CC1CCc2nc(NC(=O)c3ccccc3S(C)(=O)=O)sc2C1. The van der Waals surface area contributed by atoms with E-state index in [4.69, 9.17) is 0 Å². The number of benzene rings is 1. The molecule has 0 fully saturated rings. The highest BCUT2D eigenvalue weighted by molar-refractivity contribution is 7.90. The number of hydrogen-bond acceptors (Lipinski definition) is 5. The largest absolute Gasteiger partial charge is 0.298 e. The maximum atomic E-state index is 12.4. The lowest BCUT2D eigenvalue weighted by Gasteiger charge is -2.15. The Hall–Kier alpha value is -1.73. The molecule has 1 atom stereocenters. The van der Waals surface area contributed by atoms with E-state index in [2.05, 4.69) is 17.2 Å². The van der Waals surface area contributed by atoms with E-state index in [0.29, 0.717) is 11.0 Å². The summed E-state index contributed by atoms with van der Waals surface area (Å²) in [5, 5.41) is 3.29. The van der Waals surface area contributed by atoms with Gasteiger partial charge in [-0.15, -0.1) is 11.3 Å². The Balaban J connectivity index is 1.86. The molecule has 122 valence electrons. The number of thiazole rings is 1. The molecule has 1 unspecified atom stereocenters. The van der Waals surface area contributed by atoms with E-state index >= 15 is 0 Å². The van der Waals surface area contributed by atoms with Gasteiger partial charge in [0.1, 0.15) is 0 Å². The molecular weight excluding hydrogens is 332 g/mol. The van der Waals surface area contributed by atoms with E-state index < -0.39 is 15.7 Å². The lowest BCUT2D eigenvalue weighted by atomic mass is 9.93. The molecule has 0 bridgehead atoms. The number of carbonyl (C=O) groups excluding carboxylic acids is 1. The van der Waals surface area contributed by atoms with Crippen LogP contribution in [0.2, 0.25) is 0 Å². The van der Waals surface area contributed by atoms with Gasteiger partial charge in [-0.2, -0.15) is 0 Å². The molecule has 0 saturated carbocycles. The van der Waals surface area contributed by atoms with Gasteiger partial charge < -0.3 is 0 Å². The van der Waals surface area contributed by atoms with Crippen LogP contribution in [0.3, 0.4) is 0 Å². The van der Waals surface area contributed by atoms with Gasteiger partial charge in [-0.25, -0.2) is 13.4 Å². The van der Waals surface area contributed by atoms with Gasteiger partial charge in [-0.05, 0) is 37.3 Å². The van der Waals surface area contributed by atoms with Gasteiger partial charge in [-0.1, -0.05) is 19.1 Å². The van der Waals surface area contributed by atoms with Gasteiger partial charge in [-0.3, -0.25) is 10.1 Å². The fourth-order valence-corrected chi connectivity index (χ4v) is 4.79. The van der Waals surface area contributed by atoms with Crippen molar-refractivity contribution in [2.24, 2.45) is 5.92 Å². The molecule has 1 N–H and O–H groups in total. The number of rotatable bonds is 3.